The van der Waals surface area contributed by atoms with Gasteiger partial charge in [0.15, 0.2) is 6.10 Å². The second kappa shape index (κ2) is 27.1. The highest BCUT2D eigenvalue weighted by Crippen LogP contribution is 2.36. The van der Waals surface area contributed by atoms with Crippen LogP contribution in [0, 0.1) is 11.8 Å². The van der Waals surface area contributed by atoms with Gasteiger partial charge in [-0.15, -0.1) is 0 Å². The number of ether oxygens (including phenoxy) is 2. The van der Waals surface area contributed by atoms with Gasteiger partial charge >= 0.3 is 19.8 Å². The number of ketones is 1. The highest BCUT2D eigenvalue weighted by Gasteiger charge is 2.39. The van der Waals surface area contributed by atoms with E-state index >= 15 is 0 Å². The van der Waals surface area contributed by atoms with E-state index in [2.05, 4.69) is 18.4 Å². The minimum atomic E-state index is -4.81. The van der Waals surface area contributed by atoms with E-state index in [4.69, 9.17) is 19.3 Å². The zero-order valence-corrected chi connectivity index (χ0v) is 30.5. The molecule has 0 saturated heterocycles. The average molecular weight is 705 g/mol. The molecule has 0 radical (unpaired) electrons. The van der Waals surface area contributed by atoms with Crippen molar-refractivity contribution >= 4 is 25.5 Å². The number of hydrogen-bond acceptors (Lipinski definition) is 9. The Kier molecular flexibility index (Phi) is 25.1. The maximum atomic E-state index is 12.5. The van der Waals surface area contributed by atoms with Crippen molar-refractivity contribution in [3.05, 3.63) is 12.2 Å². The molecule has 5 atom stereocenters. The van der Waals surface area contributed by atoms with Crippen LogP contribution < -0.4 is 0 Å². The SMILES string of the molecule is CCCCCCCCCCCCC(=O)OC[C@H](COP(=O)(O)O)OC(=O)CCCCCC[C@H]1C(=O)C[C@@H](O)[C@@H]1/C=C/[C@@H](O)CCCCC. The third kappa shape index (κ3) is 22.9. The second-order valence-corrected chi connectivity index (χ2v) is 14.6. The first kappa shape index (κ1) is 44.4. The van der Waals surface area contributed by atoms with E-state index in [0.717, 1.165) is 51.4 Å². The molecule has 0 spiro atoms. The van der Waals surface area contributed by atoms with Crippen LogP contribution in [0.4, 0.5) is 0 Å². The Morgan fingerprint density at radius 2 is 1.35 bits per heavy atom. The van der Waals surface area contributed by atoms with Crippen molar-refractivity contribution in [3.8, 4) is 0 Å². The molecule has 1 fully saturated rings. The van der Waals surface area contributed by atoms with E-state index in [-0.39, 0.29) is 43.5 Å². The van der Waals surface area contributed by atoms with Gasteiger partial charge in [-0.2, -0.15) is 0 Å². The van der Waals surface area contributed by atoms with Crippen LogP contribution in [0.1, 0.15) is 155 Å². The molecular formula is C36H65O11P. The summed E-state index contributed by atoms with van der Waals surface area (Å²) in [5.74, 6) is -1.59. The number of esters is 2. The van der Waals surface area contributed by atoms with E-state index in [1.165, 1.54) is 38.5 Å². The highest BCUT2D eigenvalue weighted by molar-refractivity contribution is 7.46. The lowest BCUT2D eigenvalue weighted by molar-refractivity contribution is -0.161. The molecule has 0 aromatic rings. The number of hydrogen-bond donors (Lipinski definition) is 4. The summed E-state index contributed by atoms with van der Waals surface area (Å²) in [7, 11) is -4.81. The summed E-state index contributed by atoms with van der Waals surface area (Å²) in [4.78, 5) is 55.3. The van der Waals surface area contributed by atoms with Gasteiger partial charge in [-0.25, -0.2) is 4.57 Å². The lowest BCUT2D eigenvalue weighted by Gasteiger charge is -2.19. The smallest absolute Gasteiger partial charge is 0.462 e. The first-order chi connectivity index (χ1) is 23.0. The van der Waals surface area contributed by atoms with Gasteiger partial charge in [0, 0.05) is 31.1 Å². The van der Waals surface area contributed by atoms with Crippen LogP contribution in [-0.2, 0) is 32.9 Å². The summed E-state index contributed by atoms with van der Waals surface area (Å²) in [6.45, 7) is 3.35. The number of rotatable bonds is 30. The van der Waals surface area contributed by atoms with Gasteiger partial charge in [0.25, 0.3) is 0 Å². The fourth-order valence-corrected chi connectivity index (χ4v) is 6.45. The second-order valence-electron chi connectivity index (χ2n) is 13.3. The molecule has 0 bridgehead atoms. The van der Waals surface area contributed by atoms with Crippen LogP contribution in [0.25, 0.3) is 0 Å². The molecule has 0 heterocycles. The van der Waals surface area contributed by atoms with Gasteiger partial charge in [-0.1, -0.05) is 122 Å². The maximum absolute atomic E-state index is 12.5. The minimum absolute atomic E-state index is 0.0361. The van der Waals surface area contributed by atoms with E-state index in [1.807, 2.05) is 0 Å². The van der Waals surface area contributed by atoms with Gasteiger partial charge in [-0.05, 0) is 25.7 Å². The lowest BCUT2D eigenvalue weighted by atomic mass is 9.88. The molecule has 0 amide bonds. The van der Waals surface area contributed by atoms with Crippen molar-refractivity contribution in [1.29, 1.82) is 0 Å². The largest absolute Gasteiger partial charge is 0.469 e. The first-order valence-corrected chi connectivity index (χ1v) is 20.1. The third-order valence-corrected chi connectivity index (χ3v) is 9.41. The molecule has 1 saturated carbocycles. The van der Waals surface area contributed by atoms with Gasteiger partial charge in [-0.3, -0.25) is 18.9 Å². The summed E-state index contributed by atoms with van der Waals surface area (Å²) in [6.07, 6.45) is 19.9. The fraction of sp³-hybridized carbons (Fsp3) is 0.861. The topological polar surface area (TPSA) is 177 Å². The summed E-state index contributed by atoms with van der Waals surface area (Å²) in [5, 5.41) is 20.6. The average Bonchev–Trinajstić information content (AvgIpc) is 3.30. The van der Waals surface area contributed by atoms with Gasteiger partial charge in [0.1, 0.15) is 12.4 Å². The monoisotopic (exact) mass is 704 g/mol. The Hall–Kier alpha value is -1.62. The quantitative estimate of drug-likeness (QED) is 0.0256. The minimum Gasteiger partial charge on any atom is -0.462 e. The Bertz CT molecular complexity index is 950. The number of carbonyl (C=O) groups excluding carboxylic acids is 3. The van der Waals surface area contributed by atoms with Crippen molar-refractivity contribution in [2.45, 2.75) is 173 Å². The predicted octanol–water partition coefficient (Wildman–Crippen LogP) is 7.27. The molecule has 0 aliphatic heterocycles. The fourth-order valence-electron chi connectivity index (χ4n) is 6.09. The highest BCUT2D eigenvalue weighted by atomic mass is 31.2. The molecular weight excluding hydrogens is 639 g/mol. The third-order valence-electron chi connectivity index (χ3n) is 8.93. The van der Waals surface area contributed by atoms with Crippen LogP contribution in [0.2, 0.25) is 0 Å². The number of carbonyl (C=O) groups is 3. The number of Topliss-reactive ketones (excluding diaryl/α,β-unsaturated/α-hetero) is 1. The Balaban J connectivity index is 2.34. The van der Waals surface area contributed by atoms with Crippen molar-refractivity contribution in [2.75, 3.05) is 13.2 Å². The lowest BCUT2D eigenvalue weighted by Crippen LogP contribution is -2.29. The number of aliphatic hydroxyl groups is 2. The van der Waals surface area contributed by atoms with Gasteiger partial charge in [0.05, 0.1) is 18.8 Å². The van der Waals surface area contributed by atoms with Crippen LogP contribution >= 0.6 is 7.82 Å². The molecule has 1 rings (SSSR count). The number of phosphoric ester groups is 1. The molecule has 1 aliphatic rings. The molecule has 280 valence electrons. The number of aliphatic hydroxyl groups excluding tert-OH is 2. The summed E-state index contributed by atoms with van der Waals surface area (Å²) >= 11 is 0. The molecule has 12 heteroatoms. The van der Waals surface area contributed by atoms with Crippen LogP contribution in [0.5, 0.6) is 0 Å². The normalized spacial score (nSPS) is 19.5. The summed E-state index contributed by atoms with van der Waals surface area (Å²) < 4.78 is 26.2. The van der Waals surface area contributed by atoms with E-state index < -0.39 is 44.7 Å². The van der Waals surface area contributed by atoms with Crippen LogP contribution in [0.3, 0.4) is 0 Å². The van der Waals surface area contributed by atoms with Crippen molar-refractivity contribution in [1.82, 2.24) is 0 Å². The van der Waals surface area contributed by atoms with Gasteiger partial charge in [0.2, 0.25) is 0 Å². The maximum Gasteiger partial charge on any atom is 0.469 e. The van der Waals surface area contributed by atoms with Crippen molar-refractivity contribution < 1.29 is 52.9 Å². The Labute approximate surface area is 288 Å². The van der Waals surface area contributed by atoms with Crippen LogP contribution in [0.15, 0.2) is 12.2 Å². The summed E-state index contributed by atoms with van der Waals surface area (Å²) in [6, 6.07) is 0. The zero-order valence-electron chi connectivity index (χ0n) is 29.6. The molecule has 48 heavy (non-hydrogen) atoms. The molecule has 0 aromatic carbocycles. The number of phosphoric acid groups is 1. The molecule has 4 N–H and O–H groups in total. The Morgan fingerprint density at radius 3 is 1.96 bits per heavy atom. The molecule has 0 aromatic heterocycles. The van der Waals surface area contributed by atoms with E-state index in [9.17, 15) is 29.2 Å². The van der Waals surface area contributed by atoms with Crippen molar-refractivity contribution in [2.24, 2.45) is 11.8 Å². The number of unbranched alkanes of at least 4 members (excludes halogenated alkanes) is 14. The first-order valence-electron chi connectivity index (χ1n) is 18.6. The van der Waals surface area contributed by atoms with Crippen molar-refractivity contribution in [3.63, 3.8) is 0 Å². The standard InChI is InChI=1S/C36H65O11P/c1-3-5-7-8-9-10-11-12-13-18-22-35(40)45-27-30(28-46-48(42,43)44)47-36(41)23-19-15-14-17-21-31-32(34(39)26-33(31)38)25-24-29(37)20-16-6-4-2/h24-25,29-32,34,37,39H,3-23,26-28H2,1-2H3,(H2,42,43,44)/b25-24+/t29-,30+,31+,32+,34+/m0/s1. The molecule has 1 aliphatic carbocycles. The predicted molar refractivity (Wildman–Crippen MR) is 185 cm³/mol. The Morgan fingerprint density at radius 1 is 0.812 bits per heavy atom. The molecule has 11 nitrogen and oxygen atoms in total. The van der Waals surface area contributed by atoms with Crippen LogP contribution in [-0.4, -0.2) is 69.2 Å². The zero-order chi connectivity index (χ0) is 35.6. The summed E-state index contributed by atoms with van der Waals surface area (Å²) in [5.41, 5.74) is 0. The van der Waals surface area contributed by atoms with Gasteiger partial charge < -0.3 is 29.5 Å². The van der Waals surface area contributed by atoms with E-state index in [0.29, 0.717) is 32.1 Å². The van der Waals surface area contributed by atoms with E-state index in [1.54, 1.807) is 12.2 Å². The molecule has 0 unspecified atom stereocenters.